The predicted octanol–water partition coefficient (Wildman–Crippen LogP) is -0.650. The Morgan fingerprint density at radius 1 is 0.897 bits per heavy atom. The highest BCUT2D eigenvalue weighted by molar-refractivity contribution is 5.69. The molecule has 0 amide bonds. The van der Waals surface area contributed by atoms with Crippen LogP contribution in [0.4, 0.5) is 0 Å². The first-order valence-corrected chi connectivity index (χ1v) is 9.82. The molecule has 0 aliphatic carbocycles. The van der Waals surface area contributed by atoms with E-state index in [1.54, 1.807) is 0 Å². The number of hydrogen-bond acceptors (Lipinski definition) is 10. The zero-order valence-corrected chi connectivity index (χ0v) is 17.4. The first kappa shape index (κ1) is 25.7. The molecule has 10 nitrogen and oxygen atoms in total. The maximum atomic E-state index is 11.7. The summed E-state index contributed by atoms with van der Waals surface area (Å²) in [7, 11) is 0. The van der Waals surface area contributed by atoms with Gasteiger partial charge < -0.3 is 39.4 Å². The van der Waals surface area contributed by atoms with E-state index in [1.807, 2.05) is 27.7 Å². The Kier molecular flexibility index (Phi) is 11.0. The van der Waals surface area contributed by atoms with E-state index in [9.17, 15) is 30.0 Å². The van der Waals surface area contributed by atoms with E-state index >= 15 is 0 Å². The van der Waals surface area contributed by atoms with Crippen molar-refractivity contribution in [3.8, 4) is 0 Å². The highest BCUT2D eigenvalue weighted by Gasteiger charge is 2.45. The topological polar surface area (TPSA) is 152 Å². The van der Waals surface area contributed by atoms with Gasteiger partial charge in [-0.25, -0.2) is 0 Å². The molecule has 0 aromatic carbocycles. The fourth-order valence-electron chi connectivity index (χ4n) is 2.64. The van der Waals surface area contributed by atoms with Gasteiger partial charge in [-0.2, -0.15) is 0 Å². The van der Waals surface area contributed by atoms with Crippen LogP contribution in [0.2, 0.25) is 0 Å². The molecule has 0 spiro atoms. The van der Waals surface area contributed by atoms with Crippen LogP contribution >= 0.6 is 0 Å². The summed E-state index contributed by atoms with van der Waals surface area (Å²) in [5, 5.41) is 39.7. The summed E-state index contributed by atoms with van der Waals surface area (Å²) < 4.78 is 20.9. The van der Waals surface area contributed by atoms with Gasteiger partial charge in [-0.05, 0) is 11.8 Å². The number of hydrogen-bond donors (Lipinski definition) is 4. The molecule has 1 saturated heterocycles. The molecule has 0 aromatic heterocycles. The van der Waals surface area contributed by atoms with Crippen LogP contribution in [0, 0.1) is 11.8 Å². The molecule has 170 valence electrons. The van der Waals surface area contributed by atoms with Crippen molar-refractivity contribution in [2.75, 3.05) is 19.8 Å². The lowest BCUT2D eigenvalue weighted by molar-refractivity contribution is -0.315. The van der Waals surface area contributed by atoms with Gasteiger partial charge in [-0.1, -0.05) is 27.7 Å². The van der Waals surface area contributed by atoms with E-state index in [2.05, 4.69) is 0 Å². The molecule has 6 atom stereocenters. The van der Waals surface area contributed by atoms with Gasteiger partial charge in [0.15, 0.2) is 6.29 Å². The number of aliphatic hydroxyl groups is 4. The first-order valence-electron chi connectivity index (χ1n) is 9.82. The van der Waals surface area contributed by atoms with Crippen molar-refractivity contribution >= 4 is 11.9 Å². The molecule has 10 heteroatoms. The summed E-state index contributed by atoms with van der Waals surface area (Å²) in [4.78, 5) is 23.3. The van der Waals surface area contributed by atoms with E-state index in [0.29, 0.717) is 0 Å². The third-order valence-corrected chi connectivity index (χ3v) is 4.19. The molecule has 0 aromatic rings. The van der Waals surface area contributed by atoms with Crippen LogP contribution in [0.5, 0.6) is 0 Å². The van der Waals surface area contributed by atoms with Gasteiger partial charge in [-0.15, -0.1) is 0 Å². The van der Waals surface area contributed by atoms with E-state index in [-0.39, 0.29) is 37.9 Å². The van der Waals surface area contributed by atoms with Crippen molar-refractivity contribution in [3.63, 3.8) is 0 Å². The van der Waals surface area contributed by atoms with Crippen molar-refractivity contribution in [1.82, 2.24) is 0 Å². The van der Waals surface area contributed by atoms with Gasteiger partial charge >= 0.3 is 11.9 Å². The number of esters is 2. The largest absolute Gasteiger partial charge is 0.463 e. The molecule has 1 aliphatic rings. The van der Waals surface area contributed by atoms with Gasteiger partial charge in [0.1, 0.15) is 43.7 Å². The van der Waals surface area contributed by atoms with E-state index < -0.39 is 55.4 Å². The Hall–Kier alpha value is -1.30. The molecule has 4 N–H and O–H groups in total. The normalized spacial score (nSPS) is 28.4. The maximum Gasteiger partial charge on any atom is 0.306 e. The summed E-state index contributed by atoms with van der Waals surface area (Å²) >= 11 is 0. The van der Waals surface area contributed by atoms with Crippen LogP contribution < -0.4 is 0 Å². The fraction of sp³-hybridized carbons (Fsp3) is 0.895. The van der Waals surface area contributed by atoms with Crippen molar-refractivity contribution in [2.45, 2.75) is 77.3 Å². The number of carbonyl (C=O) groups excluding carboxylic acids is 2. The number of carbonyl (C=O) groups is 2. The van der Waals surface area contributed by atoms with Crippen LogP contribution in [0.1, 0.15) is 40.5 Å². The van der Waals surface area contributed by atoms with Crippen molar-refractivity contribution in [1.29, 1.82) is 0 Å². The van der Waals surface area contributed by atoms with Crippen molar-refractivity contribution in [3.05, 3.63) is 0 Å². The molecule has 29 heavy (non-hydrogen) atoms. The summed E-state index contributed by atoms with van der Waals surface area (Å²) in [5.41, 5.74) is 0. The standard InChI is InChI=1S/C19H34O10/c1-10(2)5-14(21)26-8-12(7-20)28-19-18(25)17(24)16(23)13(29-19)9-27-15(22)6-11(3)4/h10-13,16-20,23-25H,5-9H2,1-4H3/t12?,13-,16+,17+,18-,19-/m1/s1. The fourth-order valence-corrected chi connectivity index (χ4v) is 2.64. The maximum absolute atomic E-state index is 11.7. The molecule has 1 rings (SSSR count). The van der Waals surface area contributed by atoms with E-state index in [1.165, 1.54) is 0 Å². The molecular formula is C19H34O10. The molecular weight excluding hydrogens is 388 g/mol. The van der Waals surface area contributed by atoms with Gasteiger partial charge in [0.25, 0.3) is 0 Å². The smallest absolute Gasteiger partial charge is 0.306 e. The number of ether oxygens (including phenoxy) is 4. The van der Waals surface area contributed by atoms with Crippen LogP contribution in [0.15, 0.2) is 0 Å². The summed E-state index contributed by atoms with van der Waals surface area (Å²) in [5.74, 6) is -0.751. The Morgan fingerprint density at radius 3 is 1.97 bits per heavy atom. The number of rotatable bonds is 11. The third-order valence-electron chi connectivity index (χ3n) is 4.19. The van der Waals surface area contributed by atoms with E-state index in [0.717, 1.165) is 0 Å². The lowest BCUT2D eigenvalue weighted by Crippen LogP contribution is -2.60. The second kappa shape index (κ2) is 12.4. The highest BCUT2D eigenvalue weighted by atomic mass is 16.7. The molecule has 0 bridgehead atoms. The van der Waals surface area contributed by atoms with Crippen LogP contribution in [0.3, 0.4) is 0 Å². The zero-order valence-electron chi connectivity index (χ0n) is 17.4. The summed E-state index contributed by atoms with van der Waals surface area (Å²) in [6.07, 6.45) is -7.94. The molecule has 0 radical (unpaired) electrons. The summed E-state index contributed by atoms with van der Waals surface area (Å²) in [6.45, 7) is 6.25. The minimum Gasteiger partial charge on any atom is -0.463 e. The van der Waals surface area contributed by atoms with Crippen LogP contribution in [-0.2, 0) is 28.5 Å². The quantitative estimate of drug-likeness (QED) is 0.316. The Bertz CT molecular complexity index is 507. The SMILES string of the molecule is CC(C)CC(=O)OCC(CO)O[C@@H]1O[C@H](COC(=O)CC(C)C)[C@H](O)[C@H](O)[C@H]1O. The second-order valence-corrected chi connectivity index (χ2v) is 8.02. The third kappa shape index (κ3) is 8.93. The van der Waals surface area contributed by atoms with Crippen molar-refractivity contribution < 1.29 is 49.0 Å². The monoisotopic (exact) mass is 422 g/mol. The second-order valence-electron chi connectivity index (χ2n) is 8.02. The summed E-state index contributed by atoms with van der Waals surface area (Å²) in [6, 6.07) is 0. The molecule has 0 saturated carbocycles. The van der Waals surface area contributed by atoms with Gasteiger partial charge in [0.05, 0.1) is 6.61 Å². The average molecular weight is 422 g/mol. The minimum atomic E-state index is -1.62. The molecule has 1 unspecified atom stereocenters. The van der Waals surface area contributed by atoms with Gasteiger partial charge in [-0.3, -0.25) is 9.59 Å². The zero-order chi connectivity index (χ0) is 22.1. The van der Waals surface area contributed by atoms with Gasteiger partial charge in [0.2, 0.25) is 0 Å². The lowest BCUT2D eigenvalue weighted by atomic mass is 9.99. The molecule has 1 fully saturated rings. The lowest BCUT2D eigenvalue weighted by Gasteiger charge is -2.40. The Labute approximate surface area is 170 Å². The van der Waals surface area contributed by atoms with E-state index in [4.69, 9.17) is 18.9 Å². The average Bonchev–Trinajstić information content (AvgIpc) is 2.62. The minimum absolute atomic E-state index is 0.0897. The molecule has 1 aliphatic heterocycles. The predicted molar refractivity (Wildman–Crippen MR) is 99.5 cm³/mol. The van der Waals surface area contributed by atoms with Crippen LogP contribution in [-0.4, -0.2) is 89.0 Å². The Morgan fingerprint density at radius 2 is 1.45 bits per heavy atom. The Balaban J connectivity index is 2.63. The number of aliphatic hydroxyl groups excluding tert-OH is 4. The van der Waals surface area contributed by atoms with Crippen LogP contribution in [0.25, 0.3) is 0 Å². The van der Waals surface area contributed by atoms with Gasteiger partial charge in [0, 0.05) is 12.8 Å². The highest BCUT2D eigenvalue weighted by Crippen LogP contribution is 2.24. The molecule has 1 heterocycles. The first-order chi connectivity index (χ1) is 13.5. The van der Waals surface area contributed by atoms with Crippen molar-refractivity contribution in [2.24, 2.45) is 11.8 Å².